The van der Waals surface area contributed by atoms with Gasteiger partial charge in [-0.2, -0.15) is 0 Å². The van der Waals surface area contributed by atoms with Gasteiger partial charge in [0.25, 0.3) is 0 Å². The molecule has 0 fully saturated rings. The molecule has 2 N–H and O–H groups in total. The van der Waals surface area contributed by atoms with Crippen molar-refractivity contribution in [3.05, 3.63) is 28.2 Å². The van der Waals surface area contributed by atoms with E-state index in [2.05, 4.69) is 45.3 Å². The topological polar surface area (TPSA) is 44.4 Å². The average molecular weight is 326 g/mol. The Morgan fingerprint density at radius 3 is 2.79 bits per heavy atom. The molecule has 1 aliphatic rings. The molecule has 0 saturated carbocycles. The van der Waals surface area contributed by atoms with Gasteiger partial charge >= 0.3 is 0 Å². The zero-order valence-corrected chi connectivity index (χ0v) is 13.0. The number of carbonyl (C=O) groups is 1. The highest BCUT2D eigenvalue weighted by Gasteiger charge is 2.31. The summed E-state index contributed by atoms with van der Waals surface area (Å²) in [6.45, 7) is 8.14. The maximum Gasteiger partial charge on any atom is 0.246 e. The Hall–Kier alpha value is -0.910. The molecule has 0 saturated heterocycles. The van der Waals surface area contributed by atoms with Crippen molar-refractivity contribution in [2.45, 2.75) is 19.9 Å². The Kier molecular flexibility index (Phi) is 4.96. The first kappa shape index (κ1) is 14.5. The Morgan fingerprint density at radius 2 is 2.11 bits per heavy atom. The standard InChI is InChI=1S/C14H20BrN3O/c1-3-18(4-2)9-8-16-13-12-10(15)6-5-7-11(12)17-14(13)19/h5-7,13,16H,3-4,8-9H2,1-2H3,(H,17,19). The second-order valence-electron chi connectivity index (χ2n) is 4.60. The fourth-order valence-corrected chi connectivity index (χ4v) is 2.97. The van der Waals surface area contributed by atoms with Crippen LogP contribution in [-0.2, 0) is 4.79 Å². The quantitative estimate of drug-likeness (QED) is 0.844. The van der Waals surface area contributed by atoms with Crippen molar-refractivity contribution in [2.75, 3.05) is 31.5 Å². The number of rotatable bonds is 6. The molecule has 5 heteroatoms. The van der Waals surface area contributed by atoms with E-state index in [1.165, 1.54) is 0 Å². The van der Waals surface area contributed by atoms with Crippen LogP contribution in [-0.4, -0.2) is 37.0 Å². The Labute approximate surface area is 122 Å². The minimum Gasteiger partial charge on any atom is -0.324 e. The van der Waals surface area contributed by atoms with E-state index in [1.54, 1.807) is 0 Å². The monoisotopic (exact) mass is 325 g/mol. The molecule has 19 heavy (non-hydrogen) atoms. The summed E-state index contributed by atoms with van der Waals surface area (Å²) in [4.78, 5) is 14.3. The zero-order chi connectivity index (χ0) is 13.8. The first-order valence-corrected chi connectivity index (χ1v) is 7.51. The predicted octanol–water partition coefficient (Wildman–Crippen LogP) is 2.37. The van der Waals surface area contributed by atoms with Crippen LogP contribution in [0.3, 0.4) is 0 Å². The van der Waals surface area contributed by atoms with E-state index in [0.29, 0.717) is 0 Å². The maximum atomic E-state index is 12.0. The van der Waals surface area contributed by atoms with Crippen molar-refractivity contribution >= 4 is 27.5 Å². The van der Waals surface area contributed by atoms with Gasteiger partial charge in [0.15, 0.2) is 0 Å². The normalized spacial score (nSPS) is 17.7. The number of halogens is 1. The van der Waals surface area contributed by atoms with Gasteiger partial charge in [0.1, 0.15) is 6.04 Å². The number of likely N-dealkylation sites (N-methyl/N-ethyl adjacent to an activating group) is 1. The molecule has 1 aromatic carbocycles. The van der Waals surface area contributed by atoms with Gasteiger partial charge in [0.2, 0.25) is 5.91 Å². The summed E-state index contributed by atoms with van der Waals surface area (Å²) in [6, 6.07) is 5.59. The van der Waals surface area contributed by atoms with Crippen LogP contribution in [0.5, 0.6) is 0 Å². The van der Waals surface area contributed by atoms with Gasteiger partial charge in [0.05, 0.1) is 0 Å². The molecule has 0 bridgehead atoms. The van der Waals surface area contributed by atoms with Crippen LogP contribution in [0.15, 0.2) is 22.7 Å². The summed E-state index contributed by atoms with van der Waals surface area (Å²) in [5.74, 6) is 0.0291. The smallest absolute Gasteiger partial charge is 0.246 e. The first-order valence-electron chi connectivity index (χ1n) is 6.72. The van der Waals surface area contributed by atoms with Crippen molar-refractivity contribution in [2.24, 2.45) is 0 Å². The summed E-state index contributed by atoms with van der Waals surface area (Å²) in [6.07, 6.45) is 0. The van der Waals surface area contributed by atoms with Crippen LogP contribution >= 0.6 is 15.9 Å². The number of fused-ring (bicyclic) bond motifs is 1. The van der Waals surface area contributed by atoms with Crippen LogP contribution in [0.4, 0.5) is 5.69 Å². The van der Waals surface area contributed by atoms with E-state index in [9.17, 15) is 4.79 Å². The molecule has 1 heterocycles. The van der Waals surface area contributed by atoms with Gasteiger partial charge in [0, 0.05) is 28.8 Å². The third-order valence-electron chi connectivity index (χ3n) is 3.53. The number of nitrogens with zero attached hydrogens (tertiary/aromatic N) is 1. The highest BCUT2D eigenvalue weighted by atomic mass is 79.9. The lowest BCUT2D eigenvalue weighted by Crippen LogP contribution is -2.35. The van der Waals surface area contributed by atoms with E-state index in [0.717, 1.165) is 41.9 Å². The van der Waals surface area contributed by atoms with Gasteiger partial charge in [-0.1, -0.05) is 35.8 Å². The molecule has 0 radical (unpaired) electrons. The average Bonchev–Trinajstić information content (AvgIpc) is 2.72. The first-order chi connectivity index (χ1) is 9.17. The van der Waals surface area contributed by atoms with E-state index in [4.69, 9.17) is 0 Å². The van der Waals surface area contributed by atoms with Crippen molar-refractivity contribution < 1.29 is 4.79 Å². The second-order valence-corrected chi connectivity index (χ2v) is 5.46. The fraction of sp³-hybridized carbons (Fsp3) is 0.500. The summed E-state index contributed by atoms with van der Waals surface area (Å²) < 4.78 is 0.976. The number of hydrogen-bond acceptors (Lipinski definition) is 3. The van der Waals surface area contributed by atoms with E-state index < -0.39 is 0 Å². The van der Waals surface area contributed by atoms with E-state index >= 15 is 0 Å². The number of benzene rings is 1. The lowest BCUT2D eigenvalue weighted by atomic mass is 10.1. The highest BCUT2D eigenvalue weighted by Crippen LogP contribution is 2.36. The molecule has 104 valence electrons. The third-order valence-corrected chi connectivity index (χ3v) is 4.22. The maximum absolute atomic E-state index is 12.0. The number of anilines is 1. The Morgan fingerprint density at radius 1 is 1.37 bits per heavy atom. The van der Waals surface area contributed by atoms with E-state index in [-0.39, 0.29) is 11.9 Å². The van der Waals surface area contributed by atoms with Crippen LogP contribution in [0.2, 0.25) is 0 Å². The van der Waals surface area contributed by atoms with Crippen LogP contribution in [0.25, 0.3) is 0 Å². The van der Waals surface area contributed by atoms with Gasteiger partial charge < -0.3 is 15.5 Å². The summed E-state index contributed by atoms with van der Waals surface area (Å²) >= 11 is 3.52. The molecule has 2 rings (SSSR count). The minimum absolute atomic E-state index is 0.0291. The predicted molar refractivity (Wildman–Crippen MR) is 81.3 cm³/mol. The SMILES string of the molecule is CCN(CC)CCNC1C(=O)Nc2cccc(Br)c21. The number of carbonyl (C=O) groups excluding carboxylic acids is 1. The van der Waals surface area contributed by atoms with Crippen molar-refractivity contribution in [3.63, 3.8) is 0 Å². The fourth-order valence-electron chi connectivity index (χ4n) is 2.38. The van der Waals surface area contributed by atoms with Crippen LogP contribution in [0, 0.1) is 0 Å². The van der Waals surface area contributed by atoms with E-state index in [1.807, 2.05) is 18.2 Å². The summed E-state index contributed by atoms with van der Waals surface area (Å²) in [5.41, 5.74) is 1.92. The van der Waals surface area contributed by atoms with Gasteiger partial charge in [-0.25, -0.2) is 0 Å². The van der Waals surface area contributed by atoms with Crippen molar-refractivity contribution in [3.8, 4) is 0 Å². The van der Waals surface area contributed by atoms with Crippen molar-refractivity contribution in [1.29, 1.82) is 0 Å². The molecule has 0 aliphatic carbocycles. The molecule has 0 spiro atoms. The minimum atomic E-state index is -0.249. The zero-order valence-electron chi connectivity index (χ0n) is 11.4. The Balaban J connectivity index is 2.00. The molecule has 1 atom stereocenters. The molecule has 1 unspecified atom stereocenters. The molecular formula is C14H20BrN3O. The lowest BCUT2D eigenvalue weighted by Gasteiger charge is -2.20. The second kappa shape index (κ2) is 6.50. The molecular weight excluding hydrogens is 306 g/mol. The van der Waals surface area contributed by atoms with Gasteiger partial charge in [-0.15, -0.1) is 0 Å². The van der Waals surface area contributed by atoms with Crippen LogP contribution < -0.4 is 10.6 Å². The lowest BCUT2D eigenvalue weighted by molar-refractivity contribution is -0.117. The molecule has 1 amide bonds. The number of hydrogen-bond donors (Lipinski definition) is 2. The molecule has 1 aliphatic heterocycles. The van der Waals surface area contributed by atoms with Gasteiger partial charge in [-0.05, 0) is 25.2 Å². The number of amides is 1. The largest absolute Gasteiger partial charge is 0.324 e. The third kappa shape index (κ3) is 3.16. The molecule has 1 aromatic rings. The number of nitrogens with one attached hydrogen (secondary N) is 2. The van der Waals surface area contributed by atoms with Gasteiger partial charge in [-0.3, -0.25) is 4.79 Å². The molecule has 0 aromatic heterocycles. The summed E-state index contributed by atoms with van der Waals surface area (Å²) in [7, 11) is 0. The van der Waals surface area contributed by atoms with Crippen LogP contribution in [0.1, 0.15) is 25.5 Å². The highest BCUT2D eigenvalue weighted by molar-refractivity contribution is 9.10. The summed E-state index contributed by atoms with van der Waals surface area (Å²) in [5, 5.41) is 6.25. The molecule has 4 nitrogen and oxygen atoms in total. The Bertz CT molecular complexity index is 460. The van der Waals surface area contributed by atoms with Crippen molar-refractivity contribution in [1.82, 2.24) is 10.2 Å².